The number of amides is 1. The number of unbranched alkanes of at least 4 members (excludes halogenated alkanes) is 11. The van der Waals surface area contributed by atoms with Crippen molar-refractivity contribution in [1.82, 2.24) is 5.32 Å². The van der Waals surface area contributed by atoms with Crippen LogP contribution in [0.1, 0.15) is 94.3 Å². The van der Waals surface area contributed by atoms with Gasteiger partial charge in [-0.2, -0.15) is 0 Å². The molecule has 0 bridgehead atoms. The van der Waals surface area contributed by atoms with Crippen LogP contribution in [0, 0.1) is 0 Å². The van der Waals surface area contributed by atoms with Crippen molar-refractivity contribution in [3.8, 4) is 5.75 Å². The quantitative estimate of drug-likeness (QED) is 0.346. The second-order valence-electron chi connectivity index (χ2n) is 7.86. The third-order valence-corrected chi connectivity index (χ3v) is 5.42. The van der Waals surface area contributed by atoms with Crippen LogP contribution in [0.4, 0.5) is 0 Å². The van der Waals surface area contributed by atoms with E-state index in [0.717, 1.165) is 23.6 Å². The van der Waals surface area contributed by atoms with Gasteiger partial charge in [-0.1, -0.05) is 102 Å². The van der Waals surface area contributed by atoms with Crippen molar-refractivity contribution in [2.45, 2.75) is 84.0 Å². The van der Waals surface area contributed by atoms with Crippen LogP contribution in [-0.4, -0.2) is 17.6 Å². The van der Waals surface area contributed by atoms with Crippen LogP contribution in [-0.2, 0) is 0 Å². The van der Waals surface area contributed by atoms with Crippen molar-refractivity contribution in [3.63, 3.8) is 0 Å². The fourth-order valence-corrected chi connectivity index (χ4v) is 3.67. The van der Waals surface area contributed by atoms with Gasteiger partial charge < -0.3 is 10.4 Å². The Morgan fingerprint density at radius 3 is 1.86 bits per heavy atom. The van der Waals surface area contributed by atoms with Crippen LogP contribution in [0.2, 0.25) is 0 Å². The highest BCUT2D eigenvalue weighted by molar-refractivity contribution is 6.01. The molecule has 2 aromatic carbocycles. The van der Waals surface area contributed by atoms with Gasteiger partial charge in [-0.3, -0.25) is 4.79 Å². The smallest absolute Gasteiger partial charge is 0.255 e. The second kappa shape index (κ2) is 13.2. The molecule has 2 aromatic rings. The minimum atomic E-state index is -0.189. The average molecular weight is 384 g/mol. The topological polar surface area (TPSA) is 49.3 Å². The summed E-state index contributed by atoms with van der Waals surface area (Å²) in [5.74, 6) is -0.141. The first kappa shape index (κ1) is 22.3. The molecule has 0 saturated carbocycles. The van der Waals surface area contributed by atoms with E-state index in [2.05, 4.69) is 12.2 Å². The fraction of sp³-hybridized carbons (Fsp3) is 0.560. The largest absolute Gasteiger partial charge is 0.507 e. The SMILES string of the molecule is CCCCCCCCCCCCCCNC(=O)c1cc2ccccc2cc1O. The number of rotatable bonds is 14. The van der Waals surface area contributed by atoms with Crippen LogP contribution < -0.4 is 5.32 Å². The van der Waals surface area contributed by atoms with Gasteiger partial charge in [0.05, 0.1) is 5.56 Å². The van der Waals surface area contributed by atoms with Crippen molar-refractivity contribution in [1.29, 1.82) is 0 Å². The zero-order chi connectivity index (χ0) is 20.0. The molecule has 0 aromatic heterocycles. The van der Waals surface area contributed by atoms with E-state index < -0.39 is 0 Å². The van der Waals surface area contributed by atoms with Crippen LogP contribution in [0.15, 0.2) is 36.4 Å². The van der Waals surface area contributed by atoms with Gasteiger partial charge in [0.25, 0.3) is 5.91 Å². The molecule has 28 heavy (non-hydrogen) atoms. The number of aromatic hydroxyl groups is 1. The minimum Gasteiger partial charge on any atom is -0.507 e. The number of carbonyl (C=O) groups is 1. The van der Waals surface area contributed by atoms with Crippen LogP contribution >= 0.6 is 0 Å². The van der Waals surface area contributed by atoms with E-state index in [1.54, 1.807) is 12.1 Å². The van der Waals surface area contributed by atoms with E-state index in [0.29, 0.717) is 12.1 Å². The summed E-state index contributed by atoms with van der Waals surface area (Å²) in [4.78, 5) is 12.3. The van der Waals surface area contributed by atoms with Crippen molar-refractivity contribution in [2.75, 3.05) is 6.54 Å². The Morgan fingerprint density at radius 2 is 1.29 bits per heavy atom. The Labute approximate surface area is 170 Å². The van der Waals surface area contributed by atoms with Gasteiger partial charge >= 0.3 is 0 Å². The highest BCUT2D eigenvalue weighted by atomic mass is 16.3. The molecule has 1 amide bonds. The molecule has 0 spiro atoms. The summed E-state index contributed by atoms with van der Waals surface area (Å²) in [6.45, 7) is 2.93. The summed E-state index contributed by atoms with van der Waals surface area (Å²) in [5.41, 5.74) is 0.359. The third-order valence-electron chi connectivity index (χ3n) is 5.42. The molecule has 0 radical (unpaired) electrons. The van der Waals surface area contributed by atoms with Crippen LogP contribution in [0.25, 0.3) is 10.8 Å². The van der Waals surface area contributed by atoms with Crippen LogP contribution in [0.5, 0.6) is 5.75 Å². The van der Waals surface area contributed by atoms with Gasteiger partial charge in [-0.15, -0.1) is 0 Å². The highest BCUT2D eigenvalue weighted by Gasteiger charge is 2.11. The number of hydrogen-bond acceptors (Lipinski definition) is 2. The highest BCUT2D eigenvalue weighted by Crippen LogP contribution is 2.24. The summed E-state index contributed by atoms with van der Waals surface area (Å²) in [6.07, 6.45) is 15.7. The average Bonchev–Trinajstić information content (AvgIpc) is 2.70. The number of phenols is 1. The van der Waals surface area contributed by atoms with Gasteiger partial charge in [-0.05, 0) is 29.3 Å². The second-order valence-corrected chi connectivity index (χ2v) is 7.86. The van der Waals surface area contributed by atoms with Crippen LogP contribution in [0.3, 0.4) is 0 Å². The lowest BCUT2D eigenvalue weighted by molar-refractivity contribution is 0.0950. The molecule has 0 fully saturated rings. The number of benzene rings is 2. The molecule has 0 unspecified atom stereocenters. The first-order chi connectivity index (χ1) is 13.7. The number of carbonyl (C=O) groups excluding carboxylic acids is 1. The molecule has 3 heteroatoms. The molecule has 0 aliphatic rings. The lowest BCUT2D eigenvalue weighted by Gasteiger charge is -2.08. The molecule has 0 aliphatic heterocycles. The van der Waals surface area contributed by atoms with E-state index in [9.17, 15) is 9.90 Å². The summed E-state index contributed by atoms with van der Waals surface area (Å²) < 4.78 is 0. The maximum absolute atomic E-state index is 12.3. The molecule has 0 heterocycles. The lowest BCUT2D eigenvalue weighted by Crippen LogP contribution is -2.24. The fourth-order valence-electron chi connectivity index (χ4n) is 3.67. The summed E-state index contributed by atoms with van der Waals surface area (Å²) >= 11 is 0. The predicted octanol–water partition coefficient (Wildman–Crippen LogP) is 6.98. The van der Waals surface area contributed by atoms with E-state index in [1.807, 2.05) is 24.3 Å². The molecular weight excluding hydrogens is 346 g/mol. The molecule has 0 saturated heterocycles. The Hall–Kier alpha value is -2.03. The first-order valence-electron chi connectivity index (χ1n) is 11.2. The summed E-state index contributed by atoms with van der Waals surface area (Å²) in [7, 11) is 0. The lowest BCUT2D eigenvalue weighted by atomic mass is 10.0. The van der Waals surface area contributed by atoms with Gasteiger partial charge in [-0.25, -0.2) is 0 Å². The Kier molecular flexibility index (Phi) is 10.5. The van der Waals surface area contributed by atoms with Gasteiger partial charge in [0, 0.05) is 6.54 Å². The number of hydrogen-bond donors (Lipinski definition) is 2. The molecular formula is C25H37NO2. The monoisotopic (exact) mass is 383 g/mol. The normalized spacial score (nSPS) is 11.0. The van der Waals surface area contributed by atoms with Gasteiger partial charge in [0.15, 0.2) is 0 Å². The molecule has 3 nitrogen and oxygen atoms in total. The molecule has 0 atom stereocenters. The third kappa shape index (κ3) is 7.92. The van der Waals surface area contributed by atoms with E-state index in [1.165, 1.54) is 64.2 Å². The van der Waals surface area contributed by atoms with E-state index in [-0.39, 0.29) is 11.7 Å². The van der Waals surface area contributed by atoms with Crippen molar-refractivity contribution < 1.29 is 9.90 Å². The zero-order valence-electron chi connectivity index (χ0n) is 17.5. The first-order valence-corrected chi connectivity index (χ1v) is 11.2. The summed E-state index contributed by atoms with van der Waals surface area (Å²) in [5, 5.41) is 15.0. The van der Waals surface area contributed by atoms with Crippen molar-refractivity contribution in [2.24, 2.45) is 0 Å². The van der Waals surface area contributed by atoms with Gasteiger partial charge in [0.2, 0.25) is 0 Å². The predicted molar refractivity (Wildman–Crippen MR) is 119 cm³/mol. The van der Waals surface area contributed by atoms with Crippen molar-refractivity contribution >= 4 is 16.7 Å². The van der Waals surface area contributed by atoms with Crippen molar-refractivity contribution in [3.05, 3.63) is 42.0 Å². The van der Waals surface area contributed by atoms with E-state index in [4.69, 9.17) is 0 Å². The molecule has 154 valence electrons. The van der Waals surface area contributed by atoms with Gasteiger partial charge in [0.1, 0.15) is 5.75 Å². The number of nitrogens with one attached hydrogen (secondary N) is 1. The Bertz CT molecular complexity index is 711. The number of phenolic OH excluding ortho intramolecular Hbond substituents is 1. The minimum absolute atomic E-state index is 0.0471. The number of fused-ring (bicyclic) bond motifs is 1. The van der Waals surface area contributed by atoms with E-state index >= 15 is 0 Å². The molecule has 0 aliphatic carbocycles. The molecule has 2 N–H and O–H groups in total. The summed E-state index contributed by atoms with van der Waals surface area (Å²) in [6, 6.07) is 11.2. The molecule has 2 rings (SSSR count). The standard InChI is InChI=1S/C25H37NO2/c1-2-3-4-5-6-7-8-9-10-11-12-15-18-26-25(28)23-19-21-16-13-14-17-22(21)20-24(23)27/h13-14,16-17,19-20,27H,2-12,15,18H2,1H3,(H,26,28). The maximum Gasteiger partial charge on any atom is 0.255 e. The Balaban J connectivity index is 1.53. The zero-order valence-corrected chi connectivity index (χ0v) is 17.5. The maximum atomic E-state index is 12.3. The Morgan fingerprint density at radius 1 is 0.786 bits per heavy atom.